The zero-order chi connectivity index (χ0) is 18.1. The summed E-state index contributed by atoms with van der Waals surface area (Å²) in [5.41, 5.74) is 0.945. The molecule has 8 heteroatoms. The number of carbonyl (C=O) groups excluding carboxylic acids is 2. The molecule has 0 unspecified atom stereocenters. The van der Waals surface area contributed by atoms with Gasteiger partial charge < -0.3 is 14.3 Å². The fourth-order valence-corrected chi connectivity index (χ4v) is 3.06. The standard InChI is InChI=1S/C17H17ClFN3O3/c1-10-15(11(2)25-20-10)17(24)22-7-5-21(6-8-22)16(23)13-9-12(18)3-4-14(13)19/h3-4,9H,5-8H2,1-2H3. The van der Waals surface area contributed by atoms with E-state index in [4.69, 9.17) is 16.1 Å². The molecular formula is C17H17ClFN3O3. The molecule has 25 heavy (non-hydrogen) atoms. The summed E-state index contributed by atoms with van der Waals surface area (Å²) in [7, 11) is 0. The summed E-state index contributed by atoms with van der Waals surface area (Å²) < 4.78 is 18.9. The number of hydrogen-bond donors (Lipinski definition) is 0. The average molecular weight is 366 g/mol. The third kappa shape index (κ3) is 3.37. The largest absolute Gasteiger partial charge is 0.361 e. The van der Waals surface area contributed by atoms with Gasteiger partial charge in [-0.25, -0.2) is 4.39 Å². The van der Waals surface area contributed by atoms with Gasteiger partial charge in [-0.05, 0) is 32.0 Å². The number of nitrogens with zero attached hydrogens (tertiary/aromatic N) is 3. The first kappa shape index (κ1) is 17.4. The second-order valence-corrected chi connectivity index (χ2v) is 6.34. The fourth-order valence-electron chi connectivity index (χ4n) is 2.89. The first-order valence-corrected chi connectivity index (χ1v) is 8.22. The second-order valence-electron chi connectivity index (χ2n) is 5.91. The summed E-state index contributed by atoms with van der Waals surface area (Å²) in [6.45, 7) is 4.76. The third-order valence-electron chi connectivity index (χ3n) is 4.26. The Labute approximate surface area is 149 Å². The van der Waals surface area contributed by atoms with E-state index in [-0.39, 0.29) is 11.5 Å². The number of benzene rings is 1. The van der Waals surface area contributed by atoms with E-state index in [1.54, 1.807) is 18.7 Å². The maximum atomic E-state index is 13.9. The predicted molar refractivity (Wildman–Crippen MR) is 89.2 cm³/mol. The highest BCUT2D eigenvalue weighted by Crippen LogP contribution is 2.19. The van der Waals surface area contributed by atoms with Crippen molar-refractivity contribution in [1.29, 1.82) is 0 Å². The van der Waals surface area contributed by atoms with E-state index in [0.717, 1.165) is 0 Å². The van der Waals surface area contributed by atoms with Crippen molar-refractivity contribution in [2.45, 2.75) is 13.8 Å². The maximum absolute atomic E-state index is 13.9. The highest BCUT2D eigenvalue weighted by Gasteiger charge is 2.29. The van der Waals surface area contributed by atoms with Crippen LogP contribution in [-0.4, -0.2) is 52.9 Å². The van der Waals surface area contributed by atoms with Crippen molar-refractivity contribution in [3.8, 4) is 0 Å². The van der Waals surface area contributed by atoms with Crippen molar-refractivity contribution in [3.05, 3.63) is 51.6 Å². The molecule has 0 saturated carbocycles. The van der Waals surface area contributed by atoms with Gasteiger partial charge in [0.05, 0.1) is 11.3 Å². The molecule has 1 saturated heterocycles. The Morgan fingerprint density at radius 2 is 1.72 bits per heavy atom. The van der Waals surface area contributed by atoms with E-state index >= 15 is 0 Å². The van der Waals surface area contributed by atoms with Gasteiger partial charge in [-0.1, -0.05) is 16.8 Å². The Kier molecular flexibility index (Phi) is 4.76. The van der Waals surface area contributed by atoms with Gasteiger partial charge >= 0.3 is 0 Å². The smallest absolute Gasteiger partial charge is 0.259 e. The van der Waals surface area contributed by atoms with Crippen LogP contribution in [0.3, 0.4) is 0 Å². The topological polar surface area (TPSA) is 66.7 Å². The van der Waals surface area contributed by atoms with Crippen molar-refractivity contribution in [2.75, 3.05) is 26.2 Å². The molecule has 2 heterocycles. The van der Waals surface area contributed by atoms with Crippen LogP contribution in [0.2, 0.25) is 5.02 Å². The number of aryl methyl sites for hydroxylation is 2. The molecule has 0 spiro atoms. The van der Waals surface area contributed by atoms with Crippen LogP contribution in [0.1, 0.15) is 32.2 Å². The number of hydrogen-bond acceptors (Lipinski definition) is 4. The highest BCUT2D eigenvalue weighted by atomic mass is 35.5. The summed E-state index contributed by atoms with van der Waals surface area (Å²) in [6.07, 6.45) is 0. The van der Waals surface area contributed by atoms with Gasteiger partial charge in [0.1, 0.15) is 17.1 Å². The van der Waals surface area contributed by atoms with E-state index in [1.807, 2.05) is 0 Å². The maximum Gasteiger partial charge on any atom is 0.259 e. The molecule has 1 aliphatic rings. The molecule has 132 valence electrons. The third-order valence-corrected chi connectivity index (χ3v) is 4.50. The molecule has 0 N–H and O–H groups in total. The average Bonchev–Trinajstić information content (AvgIpc) is 2.94. The lowest BCUT2D eigenvalue weighted by Gasteiger charge is -2.34. The Balaban J connectivity index is 1.68. The van der Waals surface area contributed by atoms with Crippen LogP contribution in [0.25, 0.3) is 0 Å². The van der Waals surface area contributed by atoms with Gasteiger partial charge in [-0.15, -0.1) is 0 Å². The van der Waals surface area contributed by atoms with Gasteiger partial charge in [-0.2, -0.15) is 0 Å². The van der Waals surface area contributed by atoms with Crippen molar-refractivity contribution >= 4 is 23.4 Å². The second kappa shape index (κ2) is 6.84. The van der Waals surface area contributed by atoms with Crippen LogP contribution in [-0.2, 0) is 0 Å². The van der Waals surface area contributed by atoms with Crippen LogP contribution in [0, 0.1) is 19.7 Å². The molecule has 2 aromatic rings. The number of rotatable bonds is 2. The van der Waals surface area contributed by atoms with Crippen molar-refractivity contribution in [2.24, 2.45) is 0 Å². The van der Waals surface area contributed by atoms with Gasteiger partial charge in [0.15, 0.2) is 0 Å². The Morgan fingerprint density at radius 1 is 1.12 bits per heavy atom. The summed E-state index contributed by atoms with van der Waals surface area (Å²) in [6, 6.07) is 3.89. The molecule has 6 nitrogen and oxygen atoms in total. The molecule has 1 aromatic carbocycles. The lowest BCUT2D eigenvalue weighted by Crippen LogP contribution is -2.50. The number of amides is 2. The molecular weight excluding hydrogens is 349 g/mol. The highest BCUT2D eigenvalue weighted by molar-refractivity contribution is 6.31. The van der Waals surface area contributed by atoms with Crippen molar-refractivity contribution in [1.82, 2.24) is 15.0 Å². The quantitative estimate of drug-likeness (QED) is 0.820. The summed E-state index contributed by atoms with van der Waals surface area (Å²) in [5.74, 6) is -0.729. The number of aromatic nitrogens is 1. The van der Waals surface area contributed by atoms with Crippen LogP contribution < -0.4 is 0 Å². The van der Waals surface area contributed by atoms with Crippen LogP contribution in [0.15, 0.2) is 22.7 Å². The number of carbonyl (C=O) groups is 2. The van der Waals surface area contributed by atoms with Gasteiger partial charge in [0.2, 0.25) is 0 Å². The summed E-state index contributed by atoms with van der Waals surface area (Å²) in [4.78, 5) is 28.2. The zero-order valence-corrected chi connectivity index (χ0v) is 14.6. The first-order valence-electron chi connectivity index (χ1n) is 7.85. The number of halogens is 2. The summed E-state index contributed by atoms with van der Waals surface area (Å²) in [5, 5.41) is 4.09. The SMILES string of the molecule is Cc1noc(C)c1C(=O)N1CCN(C(=O)c2cc(Cl)ccc2F)CC1. The van der Waals surface area contributed by atoms with Crippen molar-refractivity contribution < 1.29 is 18.5 Å². The normalized spacial score (nSPS) is 14.7. The fraction of sp³-hybridized carbons (Fsp3) is 0.353. The molecule has 0 bridgehead atoms. The lowest BCUT2D eigenvalue weighted by molar-refractivity contribution is 0.0531. The zero-order valence-electron chi connectivity index (χ0n) is 13.9. The minimum absolute atomic E-state index is 0.0574. The minimum atomic E-state index is -0.608. The van der Waals surface area contributed by atoms with Crippen LogP contribution in [0.5, 0.6) is 0 Å². The number of piperazine rings is 1. The molecule has 1 fully saturated rings. The summed E-state index contributed by atoms with van der Waals surface area (Å²) >= 11 is 5.85. The molecule has 0 radical (unpaired) electrons. The van der Waals surface area contributed by atoms with Crippen molar-refractivity contribution in [3.63, 3.8) is 0 Å². The Hall–Kier alpha value is -2.41. The molecule has 2 amide bonds. The first-order chi connectivity index (χ1) is 11.9. The minimum Gasteiger partial charge on any atom is -0.361 e. The predicted octanol–water partition coefficient (Wildman–Crippen LogP) is 2.68. The van der Waals surface area contributed by atoms with Crippen LogP contribution >= 0.6 is 11.6 Å². The Bertz CT molecular complexity index is 809. The van der Waals surface area contributed by atoms with E-state index in [1.165, 1.54) is 23.1 Å². The molecule has 3 rings (SSSR count). The van der Waals surface area contributed by atoms with Gasteiger partial charge in [0, 0.05) is 31.2 Å². The Morgan fingerprint density at radius 3 is 2.28 bits per heavy atom. The van der Waals surface area contributed by atoms with E-state index < -0.39 is 11.7 Å². The van der Waals surface area contributed by atoms with E-state index in [0.29, 0.717) is 48.2 Å². The molecule has 0 aliphatic carbocycles. The molecule has 0 atom stereocenters. The van der Waals surface area contributed by atoms with Gasteiger partial charge in [0.25, 0.3) is 11.8 Å². The lowest BCUT2D eigenvalue weighted by atomic mass is 10.1. The van der Waals surface area contributed by atoms with Gasteiger partial charge in [-0.3, -0.25) is 9.59 Å². The molecule has 1 aromatic heterocycles. The molecule has 1 aliphatic heterocycles. The van der Waals surface area contributed by atoms with Crippen LogP contribution in [0.4, 0.5) is 4.39 Å². The van der Waals surface area contributed by atoms with E-state index in [9.17, 15) is 14.0 Å². The van der Waals surface area contributed by atoms with E-state index in [2.05, 4.69) is 5.16 Å². The monoisotopic (exact) mass is 365 g/mol.